The molecule has 1 amide bonds. The number of carbonyl (C=O) groups excluding carboxylic acids is 1. The van der Waals surface area contributed by atoms with Gasteiger partial charge in [-0.05, 0) is 18.2 Å². The first-order chi connectivity index (χ1) is 11.8. The van der Waals surface area contributed by atoms with Crippen LogP contribution in [0.2, 0.25) is 0 Å². The molecule has 3 aromatic rings. The number of aromatic amines is 1. The summed E-state index contributed by atoms with van der Waals surface area (Å²) < 4.78 is 0. The first-order valence-corrected chi connectivity index (χ1v) is 7.70. The summed E-state index contributed by atoms with van der Waals surface area (Å²) in [6, 6.07) is 7.68. The maximum Gasteiger partial charge on any atom is 0.270 e. The van der Waals surface area contributed by atoms with Gasteiger partial charge in [0.05, 0.1) is 12.2 Å². The number of anilines is 1. The molecule has 4 heterocycles. The average molecular weight is 320 g/mol. The Balaban J connectivity index is 1.34. The minimum atomic E-state index is -0.145. The van der Waals surface area contributed by atoms with Gasteiger partial charge in [-0.1, -0.05) is 6.07 Å². The SMILES string of the molecule is O=C(NC1CN(c2ccncc2)C1)c1ccc(-c2cn[nH]c2)cn1. The van der Waals surface area contributed by atoms with E-state index in [1.165, 1.54) is 0 Å². The van der Waals surface area contributed by atoms with E-state index in [0.29, 0.717) is 5.69 Å². The summed E-state index contributed by atoms with van der Waals surface area (Å²) in [5, 5.41) is 9.67. The van der Waals surface area contributed by atoms with Crippen LogP contribution in [0.25, 0.3) is 11.1 Å². The third-order valence-electron chi connectivity index (χ3n) is 4.07. The normalized spacial score (nSPS) is 14.2. The first kappa shape index (κ1) is 14.4. The highest BCUT2D eigenvalue weighted by Crippen LogP contribution is 2.20. The Labute approximate surface area is 138 Å². The molecule has 2 N–H and O–H groups in total. The maximum atomic E-state index is 12.3. The number of nitrogens with zero attached hydrogens (tertiary/aromatic N) is 4. The second kappa shape index (κ2) is 6.11. The number of nitrogens with one attached hydrogen (secondary N) is 2. The van der Waals surface area contributed by atoms with Crippen LogP contribution < -0.4 is 10.2 Å². The van der Waals surface area contributed by atoms with Crippen molar-refractivity contribution in [3.8, 4) is 11.1 Å². The summed E-state index contributed by atoms with van der Waals surface area (Å²) in [5.41, 5.74) is 3.41. The fourth-order valence-corrected chi connectivity index (χ4v) is 2.70. The predicted octanol–water partition coefficient (Wildman–Crippen LogP) is 1.49. The van der Waals surface area contributed by atoms with Crippen LogP contribution in [-0.2, 0) is 0 Å². The molecular formula is C17H16N6O. The summed E-state index contributed by atoms with van der Waals surface area (Å²) >= 11 is 0. The zero-order valence-corrected chi connectivity index (χ0v) is 12.9. The van der Waals surface area contributed by atoms with Gasteiger partial charge in [0.25, 0.3) is 5.91 Å². The quantitative estimate of drug-likeness (QED) is 0.760. The van der Waals surface area contributed by atoms with Crippen LogP contribution in [0.5, 0.6) is 0 Å². The number of amides is 1. The number of aromatic nitrogens is 4. The smallest absolute Gasteiger partial charge is 0.270 e. The van der Waals surface area contributed by atoms with Gasteiger partial charge in [-0.2, -0.15) is 5.10 Å². The van der Waals surface area contributed by atoms with E-state index in [4.69, 9.17) is 0 Å². The van der Waals surface area contributed by atoms with Crippen molar-refractivity contribution >= 4 is 11.6 Å². The van der Waals surface area contributed by atoms with Crippen molar-refractivity contribution in [3.63, 3.8) is 0 Å². The van der Waals surface area contributed by atoms with Crippen LogP contribution >= 0.6 is 0 Å². The van der Waals surface area contributed by atoms with Gasteiger partial charge in [-0.15, -0.1) is 0 Å². The number of H-pyrrole nitrogens is 1. The zero-order valence-electron chi connectivity index (χ0n) is 12.9. The molecule has 1 saturated heterocycles. The maximum absolute atomic E-state index is 12.3. The molecule has 3 aromatic heterocycles. The van der Waals surface area contributed by atoms with E-state index in [0.717, 1.165) is 29.9 Å². The van der Waals surface area contributed by atoms with E-state index < -0.39 is 0 Å². The lowest BCUT2D eigenvalue weighted by atomic mass is 10.1. The van der Waals surface area contributed by atoms with Gasteiger partial charge in [0.15, 0.2) is 0 Å². The van der Waals surface area contributed by atoms with Crippen molar-refractivity contribution in [2.45, 2.75) is 6.04 Å². The highest BCUT2D eigenvalue weighted by Gasteiger charge is 2.28. The largest absolute Gasteiger partial charge is 0.367 e. The molecule has 0 radical (unpaired) electrons. The summed E-state index contributed by atoms with van der Waals surface area (Å²) in [6.45, 7) is 1.59. The predicted molar refractivity (Wildman–Crippen MR) is 89.5 cm³/mol. The van der Waals surface area contributed by atoms with E-state index >= 15 is 0 Å². The molecule has 0 bridgehead atoms. The lowest BCUT2D eigenvalue weighted by Crippen LogP contribution is -2.59. The van der Waals surface area contributed by atoms with Crippen LogP contribution in [0.15, 0.2) is 55.2 Å². The molecule has 0 aliphatic carbocycles. The minimum absolute atomic E-state index is 0.140. The average Bonchev–Trinajstić information content (AvgIpc) is 3.13. The van der Waals surface area contributed by atoms with Gasteiger partial charge < -0.3 is 10.2 Å². The molecule has 1 aliphatic heterocycles. The van der Waals surface area contributed by atoms with Crippen molar-refractivity contribution in [2.75, 3.05) is 18.0 Å². The Morgan fingerprint density at radius 3 is 2.62 bits per heavy atom. The summed E-state index contributed by atoms with van der Waals surface area (Å²) in [6.07, 6.45) is 8.74. The number of hydrogen-bond donors (Lipinski definition) is 2. The second-order valence-corrected chi connectivity index (χ2v) is 5.70. The molecule has 0 unspecified atom stereocenters. The molecule has 24 heavy (non-hydrogen) atoms. The Bertz CT molecular complexity index is 810. The first-order valence-electron chi connectivity index (χ1n) is 7.70. The number of rotatable bonds is 4. The lowest BCUT2D eigenvalue weighted by molar-refractivity contribution is 0.0925. The molecule has 1 fully saturated rings. The van der Waals surface area contributed by atoms with Crippen molar-refractivity contribution in [3.05, 3.63) is 60.9 Å². The summed E-state index contributed by atoms with van der Waals surface area (Å²) in [4.78, 5) is 22.7. The molecule has 0 saturated carbocycles. The Morgan fingerprint density at radius 2 is 1.96 bits per heavy atom. The van der Waals surface area contributed by atoms with Gasteiger partial charge in [0.2, 0.25) is 0 Å². The Kier molecular flexibility index (Phi) is 3.66. The highest BCUT2D eigenvalue weighted by molar-refractivity contribution is 5.93. The zero-order chi connectivity index (χ0) is 16.4. The van der Waals surface area contributed by atoms with Crippen LogP contribution in [0.1, 0.15) is 10.5 Å². The van der Waals surface area contributed by atoms with Crippen molar-refractivity contribution in [1.82, 2.24) is 25.5 Å². The molecule has 0 aromatic carbocycles. The topological polar surface area (TPSA) is 86.8 Å². The summed E-state index contributed by atoms with van der Waals surface area (Å²) in [7, 11) is 0. The van der Waals surface area contributed by atoms with Gasteiger partial charge in [-0.25, -0.2) is 0 Å². The highest BCUT2D eigenvalue weighted by atomic mass is 16.2. The van der Waals surface area contributed by atoms with E-state index in [-0.39, 0.29) is 11.9 Å². The summed E-state index contributed by atoms with van der Waals surface area (Å²) in [5.74, 6) is -0.145. The number of carbonyl (C=O) groups is 1. The molecule has 7 nitrogen and oxygen atoms in total. The van der Waals surface area contributed by atoms with Crippen LogP contribution in [0, 0.1) is 0 Å². The molecule has 0 spiro atoms. The van der Waals surface area contributed by atoms with E-state index in [9.17, 15) is 4.79 Å². The molecule has 120 valence electrons. The second-order valence-electron chi connectivity index (χ2n) is 5.70. The number of hydrogen-bond acceptors (Lipinski definition) is 5. The third-order valence-corrected chi connectivity index (χ3v) is 4.07. The van der Waals surface area contributed by atoms with Crippen molar-refractivity contribution in [2.24, 2.45) is 0 Å². The fourth-order valence-electron chi connectivity index (χ4n) is 2.70. The van der Waals surface area contributed by atoms with Crippen molar-refractivity contribution in [1.29, 1.82) is 0 Å². The van der Waals surface area contributed by atoms with E-state index in [1.807, 2.05) is 18.2 Å². The van der Waals surface area contributed by atoms with Crippen LogP contribution in [0.4, 0.5) is 5.69 Å². The Morgan fingerprint density at radius 1 is 1.12 bits per heavy atom. The number of pyridine rings is 2. The molecular weight excluding hydrogens is 304 g/mol. The molecule has 7 heteroatoms. The van der Waals surface area contributed by atoms with E-state index in [1.54, 1.807) is 37.1 Å². The van der Waals surface area contributed by atoms with Gasteiger partial charge in [-0.3, -0.25) is 19.9 Å². The lowest BCUT2D eigenvalue weighted by Gasteiger charge is -2.41. The fraction of sp³-hybridized carbons (Fsp3) is 0.176. The van der Waals surface area contributed by atoms with Crippen LogP contribution in [-0.4, -0.2) is 45.2 Å². The van der Waals surface area contributed by atoms with Crippen LogP contribution in [0.3, 0.4) is 0 Å². The van der Waals surface area contributed by atoms with Gasteiger partial charge in [0, 0.05) is 54.7 Å². The Hall–Kier alpha value is -3.22. The molecule has 1 aliphatic rings. The molecule has 4 rings (SSSR count). The van der Waals surface area contributed by atoms with E-state index in [2.05, 4.69) is 30.4 Å². The van der Waals surface area contributed by atoms with Gasteiger partial charge in [0.1, 0.15) is 5.69 Å². The van der Waals surface area contributed by atoms with Gasteiger partial charge >= 0.3 is 0 Å². The monoisotopic (exact) mass is 320 g/mol. The molecule has 0 atom stereocenters. The third kappa shape index (κ3) is 2.83. The minimum Gasteiger partial charge on any atom is -0.367 e. The standard InChI is InChI=1S/C17H16N6O/c24-17(16-2-1-12(7-19-16)13-8-20-21-9-13)22-14-10-23(11-14)15-3-5-18-6-4-15/h1-9,14H,10-11H2,(H,20,21)(H,22,24). The van der Waals surface area contributed by atoms with Crippen molar-refractivity contribution < 1.29 is 4.79 Å².